The van der Waals surface area contributed by atoms with E-state index in [0.717, 1.165) is 0 Å². The summed E-state index contributed by atoms with van der Waals surface area (Å²) in [6.07, 6.45) is 0. The zero-order chi connectivity index (χ0) is 17.5. The van der Waals surface area contributed by atoms with E-state index in [2.05, 4.69) is 15.4 Å². The summed E-state index contributed by atoms with van der Waals surface area (Å²) < 4.78 is 28.3. The first-order valence-electron chi connectivity index (χ1n) is 6.77. The number of amides is 2. The number of nitro benzene ring substituents is 1. The highest BCUT2D eigenvalue weighted by Gasteiger charge is 2.07. The highest BCUT2D eigenvalue weighted by Crippen LogP contribution is 2.16. The molecule has 0 spiro atoms. The molecule has 0 aliphatic carbocycles. The van der Waals surface area contributed by atoms with E-state index in [0.29, 0.717) is 11.3 Å². The highest BCUT2D eigenvalue weighted by molar-refractivity contribution is 5.89. The molecule has 2 aromatic rings. The number of non-ortho nitro benzene ring substituents is 1. The van der Waals surface area contributed by atoms with Crippen LogP contribution in [-0.2, 0) is 6.54 Å². The number of hydrogen-bond acceptors (Lipinski definition) is 4. The van der Waals surface area contributed by atoms with Gasteiger partial charge in [-0.2, -0.15) is 8.78 Å². The van der Waals surface area contributed by atoms with Crippen molar-refractivity contribution >= 4 is 17.4 Å². The van der Waals surface area contributed by atoms with Crippen molar-refractivity contribution in [2.24, 2.45) is 0 Å². The van der Waals surface area contributed by atoms with E-state index in [4.69, 9.17) is 0 Å². The van der Waals surface area contributed by atoms with Gasteiger partial charge in [0.25, 0.3) is 5.69 Å². The first-order chi connectivity index (χ1) is 11.4. The van der Waals surface area contributed by atoms with E-state index in [-0.39, 0.29) is 18.0 Å². The Labute approximate surface area is 135 Å². The van der Waals surface area contributed by atoms with Gasteiger partial charge in [-0.25, -0.2) is 4.79 Å². The number of nitrogens with zero attached hydrogens (tertiary/aromatic N) is 1. The molecule has 2 aromatic carbocycles. The van der Waals surface area contributed by atoms with E-state index in [1.54, 1.807) is 12.1 Å². The van der Waals surface area contributed by atoms with Crippen molar-refractivity contribution in [3.05, 3.63) is 64.2 Å². The third-order valence-electron chi connectivity index (χ3n) is 2.94. The number of carbonyl (C=O) groups excluding carboxylic acids is 1. The van der Waals surface area contributed by atoms with Gasteiger partial charge < -0.3 is 15.4 Å². The van der Waals surface area contributed by atoms with E-state index in [1.165, 1.54) is 36.4 Å². The number of ether oxygens (including phenoxy) is 1. The molecule has 0 bridgehead atoms. The summed E-state index contributed by atoms with van der Waals surface area (Å²) in [7, 11) is 0. The van der Waals surface area contributed by atoms with Crippen molar-refractivity contribution in [1.29, 1.82) is 0 Å². The lowest BCUT2D eigenvalue weighted by Gasteiger charge is -2.08. The Kier molecular flexibility index (Phi) is 5.61. The fourth-order valence-corrected chi connectivity index (χ4v) is 1.81. The smallest absolute Gasteiger partial charge is 0.387 e. The first-order valence-corrected chi connectivity index (χ1v) is 6.77. The molecule has 0 unspecified atom stereocenters. The van der Waals surface area contributed by atoms with Gasteiger partial charge in [-0.05, 0) is 29.8 Å². The summed E-state index contributed by atoms with van der Waals surface area (Å²) in [5, 5.41) is 15.6. The van der Waals surface area contributed by atoms with Gasteiger partial charge in [-0.15, -0.1) is 0 Å². The Morgan fingerprint density at radius 3 is 2.29 bits per heavy atom. The number of nitrogens with one attached hydrogen (secondary N) is 2. The molecule has 126 valence electrons. The van der Waals surface area contributed by atoms with Crippen molar-refractivity contribution in [3.8, 4) is 5.75 Å². The molecule has 9 heteroatoms. The number of hydrogen-bond donors (Lipinski definition) is 2. The summed E-state index contributed by atoms with van der Waals surface area (Å²) in [5.74, 6) is 0.0316. The zero-order valence-corrected chi connectivity index (χ0v) is 12.2. The van der Waals surface area contributed by atoms with Crippen LogP contribution in [0, 0.1) is 10.1 Å². The standard InChI is InChI=1S/C15H13F2N3O4/c16-14(17)24-13-7-1-10(2-8-13)9-18-15(21)19-11-3-5-12(6-4-11)20(22)23/h1-8,14H,9H2,(H2,18,19,21). The van der Waals surface area contributed by atoms with Crippen LogP contribution in [-0.4, -0.2) is 17.6 Å². The Bertz CT molecular complexity index is 706. The maximum absolute atomic E-state index is 12.0. The van der Waals surface area contributed by atoms with Gasteiger partial charge in [0.1, 0.15) is 5.75 Å². The molecular formula is C15H13F2N3O4. The molecule has 2 amide bonds. The minimum absolute atomic E-state index is 0.0316. The van der Waals surface area contributed by atoms with Gasteiger partial charge >= 0.3 is 12.6 Å². The van der Waals surface area contributed by atoms with Crippen LogP contribution in [0.2, 0.25) is 0 Å². The summed E-state index contributed by atoms with van der Waals surface area (Å²) >= 11 is 0. The number of halogens is 2. The average molecular weight is 337 g/mol. The third-order valence-corrected chi connectivity index (χ3v) is 2.94. The van der Waals surface area contributed by atoms with Crippen molar-refractivity contribution in [3.63, 3.8) is 0 Å². The van der Waals surface area contributed by atoms with Crippen LogP contribution < -0.4 is 15.4 Å². The van der Waals surface area contributed by atoms with Crippen LogP contribution in [0.25, 0.3) is 0 Å². The second-order valence-electron chi connectivity index (χ2n) is 4.63. The monoisotopic (exact) mass is 337 g/mol. The van der Waals surface area contributed by atoms with E-state index < -0.39 is 17.6 Å². The summed E-state index contributed by atoms with van der Waals surface area (Å²) in [5.41, 5.74) is 1.02. The summed E-state index contributed by atoms with van der Waals surface area (Å²) in [6.45, 7) is -2.71. The van der Waals surface area contributed by atoms with Crippen molar-refractivity contribution in [2.45, 2.75) is 13.2 Å². The molecule has 7 nitrogen and oxygen atoms in total. The van der Waals surface area contributed by atoms with Gasteiger partial charge in [-0.1, -0.05) is 12.1 Å². The molecule has 0 fully saturated rings. The Hall–Kier alpha value is -3.23. The molecule has 0 aromatic heterocycles. The molecular weight excluding hydrogens is 324 g/mol. The molecule has 2 rings (SSSR count). The number of anilines is 1. The normalized spacial score (nSPS) is 10.3. The van der Waals surface area contributed by atoms with Crippen molar-refractivity contribution in [1.82, 2.24) is 5.32 Å². The van der Waals surface area contributed by atoms with E-state index in [1.807, 2.05) is 0 Å². The SMILES string of the molecule is O=C(NCc1ccc(OC(F)F)cc1)Nc1ccc([N+](=O)[O-])cc1. The van der Waals surface area contributed by atoms with Gasteiger partial charge in [0.2, 0.25) is 0 Å². The van der Waals surface area contributed by atoms with Crippen LogP contribution >= 0.6 is 0 Å². The van der Waals surface area contributed by atoms with Crippen LogP contribution in [0.1, 0.15) is 5.56 Å². The van der Waals surface area contributed by atoms with E-state index in [9.17, 15) is 23.7 Å². The van der Waals surface area contributed by atoms with Crippen molar-refractivity contribution < 1.29 is 23.2 Å². The molecule has 0 saturated heterocycles. The molecule has 0 radical (unpaired) electrons. The number of carbonyl (C=O) groups is 1. The number of rotatable bonds is 6. The molecule has 0 aliphatic heterocycles. The van der Waals surface area contributed by atoms with E-state index >= 15 is 0 Å². The molecule has 24 heavy (non-hydrogen) atoms. The number of benzene rings is 2. The van der Waals surface area contributed by atoms with Gasteiger partial charge in [0.15, 0.2) is 0 Å². The van der Waals surface area contributed by atoms with Crippen LogP contribution in [0.4, 0.5) is 25.0 Å². The van der Waals surface area contributed by atoms with Crippen LogP contribution in [0.15, 0.2) is 48.5 Å². The minimum atomic E-state index is -2.89. The lowest BCUT2D eigenvalue weighted by atomic mass is 10.2. The molecule has 0 saturated carbocycles. The largest absolute Gasteiger partial charge is 0.435 e. The first kappa shape index (κ1) is 17.1. The second kappa shape index (κ2) is 7.86. The second-order valence-corrected chi connectivity index (χ2v) is 4.63. The highest BCUT2D eigenvalue weighted by atomic mass is 19.3. The fraction of sp³-hybridized carbons (Fsp3) is 0.133. The Balaban J connectivity index is 1.83. The third kappa shape index (κ3) is 5.20. The van der Waals surface area contributed by atoms with Crippen LogP contribution in [0.5, 0.6) is 5.75 Å². The topological polar surface area (TPSA) is 93.5 Å². The average Bonchev–Trinajstić information content (AvgIpc) is 2.54. The number of urea groups is 1. The maximum atomic E-state index is 12.0. The molecule has 0 heterocycles. The molecule has 0 atom stereocenters. The lowest BCUT2D eigenvalue weighted by molar-refractivity contribution is -0.384. The van der Waals surface area contributed by atoms with Gasteiger partial charge in [0.05, 0.1) is 4.92 Å². The maximum Gasteiger partial charge on any atom is 0.387 e. The fourth-order valence-electron chi connectivity index (χ4n) is 1.81. The lowest BCUT2D eigenvalue weighted by Crippen LogP contribution is -2.28. The van der Waals surface area contributed by atoms with Gasteiger partial charge in [-0.3, -0.25) is 10.1 Å². The minimum Gasteiger partial charge on any atom is -0.435 e. The number of nitro groups is 1. The zero-order valence-electron chi connectivity index (χ0n) is 12.2. The summed E-state index contributed by atoms with van der Waals surface area (Å²) in [4.78, 5) is 21.7. The molecule has 2 N–H and O–H groups in total. The Morgan fingerprint density at radius 1 is 1.12 bits per heavy atom. The van der Waals surface area contributed by atoms with Crippen LogP contribution in [0.3, 0.4) is 0 Å². The molecule has 0 aliphatic rings. The quantitative estimate of drug-likeness (QED) is 0.623. The Morgan fingerprint density at radius 2 is 1.75 bits per heavy atom. The number of alkyl halides is 2. The summed E-state index contributed by atoms with van der Waals surface area (Å²) in [6, 6.07) is 10.7. The van der Waals surface area contributed by atoms with Gasteiger partial charge in [0, 0.05) is 24.4 Å². The predicted molar refractivity (Wildman–Crippen MR) is 82.0 cm³/mol. The van der Waals surface area contributed by atoms with Crippen molar-refractivity contribution in [2.75, 3.05) is 5.32 Å². The predicted octanol–water partition coefficient (Wildman–Crippen LogP) is 3.52.